The van der Waals surface area contributed by atoms with Crippen LogP contribution >= 0.6 is 23.2 Å². The van der Waals surface area contributed by atoms with Crippen molar-refractivity contribution in [2.24, 2.45) is 5.10 Å². The highest BCUT2D eigenvalue weighted by atomic mass is 35.5. The van der Waals surface area contributed by atoms with Crippen molar-refractivity contribution >= 4 is 35.3 Å². The number of hydrogen-bond donors (Lipinski definition) is 2. The number of para-hydroxylation sites is 1. The van der Waals surface area contributed by atoms with Gasteiger partial charge in [0.2, 0.25) is 0 Å². The molecule has 2 aromatic rings. The quantitative estimate of drug-likeness (QED) is 0.662. The van der Waals surface area contributed by atoms with Crippen molar-refractivity contribution in [1.82, 2.24) is 5.43 Å². The van der Waals surface area contributed by atoms with Crippen LogP contribution in [0.1, 0.15) is 15.9 Å². The highest BCUT2D eigenvalue weighted by Gasteiger charge is 2.10. The maximum absolute atomic E-state index is 12.0. The molecular formula is C15H12Cl2N2O3. The van der Waals surface area contributed by atoms with Crippen LogP contribution in [0.3, 0.4) is 0 Å². The van der Waals surface area contributed by atoms with Gasteiger partial charge in [-0.2, -0.15) is 5.10 Å². The monoisotopic (exact) mass is 338 g/mol. The number of hydrazone groups is 1. The van der Waals surface area contributed by atoms with Crippen molar-refractivity contribution < 1.29 is 14.6 Å². The second-order valence-corrected chi connectivity index (χ2v) is 5.07. The molecule has 0 unspecified atom stereocenters. The summed E-state index contributed by atoms with van der Waals surface area (Å²) in [7, 11) is 1.44. The fraction of sp³-hybridized carbons (Fsp3) is 0.0667. The molecule has 0 atom stereocenters. The summed E-state index contributed by atoms with van der Waals surface area (Å²) in [5.74, 6) is -0.261. The van der Waals surface area contributed by atoms with Crippen LogP contribution in [0.15, 0.2) is 41.5 Å². The predicted octanol–water partition coefficient (Wildman–Crippen LogP) is 3.47. The maximum Gasteiger partial charge on any atom is 0.272 e. The number of carbonyl (C=O) groups excluding carboxylic acids is 1. The van der Waals surface area contributed by atoms with Gasteiger partial charge in [0, 0.05) is 10.6 Å². The molecule has 1 amide bonds. The maximum atomic E-state index is 12.0. The summed E-state index contributed by atoms with van der Waals surface area (Å²) in [6.45, 7) is 0. The Hall–Kier alpha value is -2.24. The Morgan fingerprint density at radius 3 is 2.82 bits per heavy atom. The van der Waals surface area contributed by atoms with Gasteiger partial charge < -0.3 is 9.84 Å². The number of benzene rings is 2. The Morgan fingerprint density at radius 1 is 1.32 bits per heavy atom. The molecule has 0 bridgehead atoms. The zero-order chi connectivity index (χ0) is 16.1. The van der Waals surface area contributed by atoms with E-state index in [0.29, 0.717) is 16.3 Å². The van der Waals surface area contributed by atoms with Crippen molar-refractivity contribution in [2.75, 3.05) is 7.11 Å². The molecule has 2 aromatic carbocycles. The normalized spacial score (nSPS) is 10.7. The van der Waals surface area contributed by atoms with E-state index in [4.69, 9.17) is 27.9 Å². The summed E-state index contributed by atoms with van der Waals surface area (Å²) >= 11 is 11.7. The summed E-state index contributed by atoms with van der Waals surface area (Å²) in [5, 5.41) is 14.3. The fourth-order valence-electron chi connectivity index (χ4n) is 1.70. The van der Waals surface area contributed by atoms with Crippen LogP contribution in [-0.4, -0.2) is 24.3 Å². The van der Waals surface area contributed by atoms with E-state index in [2.05, 4.69) is 10.5 Å². The van der Waals surface area contributed by atoms with Crippen molar-refractivity contribution in [2.45, 2.75) is 0 Å². The van der Waals surface area contributed by atoms with Crippen LogP contribution in [0.4, 0.5) is 0 Å². The van der Waals surface area contributed by atoms with E-state index in [-0.39, 0.29) is 16.3 Å². The number of methoxy groups -OCH3 is 1. The number of phenols is 1. The molecule has 0 heterocycles. The van der Waals surface area contributed by atoms with Crippen molar-refractivity contribution in [3.63, 3.8) is 0 Å². The molecule has 0 fully saturated rings. The minimum atomic E-state index is -0.508. The Kier molecular flexibility index (Phi) is 5.25. The number of nitrogens with one attached hydrogen (secondary N) is 1. The smallest absolute Gasteiger partial charge is 0.272 e. The number of ether oxygens (including phenoxy) is 1. The van der Waals surface area contributed by atoms with Crippen LogP contribution in [0, 0.1) is 0 Å². The predicted molar refractivity (Wildman–Crippen MR) is 86.2 cm³/mol. The standard InChI is InChI=1S/C15H12Cl2N2O3/c1-22-13-4-2-3-9(14(13)20)8-18-19-15(21)11-7-10(16)5-6-12(11)17/h2-8,20H,1H3,(H,19,21)/b18-8+. The van der Waals surface area contributed by atoms with E-state index in [1.807, 2.05) is 0 Å². The van der Waals surface area contributed by atoms with E-state index < -0.39 is 5.91 Å². The molecular weight excluding hydrogens is 327 g/mol. The van der Waals surface area contributed by atoms with E-state index in [1.54, 1.807) is 24.3 Å². The first-order valence-electron chi connectivity index (χ1n) is 6.17. The molecule has 2 rings (SSSR count). The molecule has 114 valence electrons. The number of phenolic OH excluding ortho intramolecular Hbond substituents is 1. The van der Waals surface area contributed by atoms with Crippen molar-refractivity contribution in [3.05, 3.63) is 57.6 Å². The van der Waals surface area contributed by atoms with Gasteiger partial charge >= 0.3 is 0 Å². The van der Waals surface area contributed by atoms with E-state index in [0.717, 1.165) is 0 Å². The number of hydrogen-bond acceptors (Lipinski definition) is 4. The third kappa shape index (κ3) is 3.69. The fourth-order valence-corrected chi connectivity index (χ4v) is 2.08. The first-order valence-corrected chi connectivity index (χ1v) is 6.93. The molecule has 0 aliphatic heterocycles. The second-order valence-electron chi connectivity index (χ2n) is 4.22. The lowest BCUT2D eigenvalue weighted by atomic mass is 10.2. The lowest BCUT2D eigenvalue weighted by Crippen LogP contribution is -2.18. The molecule has 0 spiro atoms. The van der Waals surface area contributed by atoms with Gasteiger partial charge in [-0.25, -0.2) is 5.43 Å². The number of carbonyl (C=O) groups is 1. The summed E-state index contributed by atoms with van der Waals surface area (Å²) in [6.07, 6.45) is 1.30. The molecule has 0 radical (unpaired) electrons. The molecule has 7 heteroatoms. The SMILES string of the molecule is COc1cccc(/C=N/NC(=O)c2cc(Cl)ccc2Cl)c1O. The number of nitrogens with zero attached hydrogens (tertiary/aromatic N) is 1. The highest BCUT2D eigenvalue weighted by molar-refractivity contribution is 6.35. The number of amides is 1. The second kappa shape index (κ2) is 7.15. The Bertz CT molecular complexity index is 733. The van der Waals surface area contributed by atoms with Crippen LogP contribution < -0.4 is 10.2 Å². The summed E-state index contributed by atoms with van der Waals surface area (Å²) in [6, 6.07) is 9.47. The van der Waals surface area contributed by atoms with E-state index in [9.17, 15) is 9.90 Å². The molecule has 22 heavy (non-hydrogen) atoms. The molecule has 0 aliphatic rings. The molecule has 5 nitrogen and oxygen atoms in total. The van der Waals surface area contributed by atoms with Crippen molar-refractivity contribution in [3.8, 4) is 11.5 Å². The minimum Gasteiger partial charge on any atom is -0.504 e. The van der Waals surface area contributed by atoms with E-state index >= 15 is 0 Å². The zero-order valence-corrected chi connectivity index (χ0v) is 13.0. The van der Waals surface area contributed by atoms with Gasteiger partial charge in [-0.15, -0.1) is 0 Å². The van der Waals surface area contributed by atoms with Gasteiger partial charge in [-0.3, -0.25) is 4.79 Å². The average molecular weight is 339 g/mol. The minimum absolute atomic E-state index is 0.0659. The van der Waals surface area contributed by atoms with Crippen LogP contribution in [0.5, 0.6) is 11.5 Å². The number of aromatic hydroxyl groups is 1. The molecule has 0 saturated carbocycles. The molecule has 0 aromatic heterocycles. The summed E-state index contributed by atoms with van der Waals surface area (Å²) in [4.78, 5) is 12.0. The van der Waals surface area contributed by atoms with E-state index in [1.165, 1.54) is 25.5 Å². The Morgan fingerprint density at radius 2 is 2.09 bits per heavy atom. The third-order valence-corrected chi connectivity index (χ3v) is 3.36. The van der Waals surface area contributed by atoms with Gasteiger partial charge in [0.15, 0.2) is 11.5 Å². The number of halogens is 2. The van der Waals surface area contributed by atoms with Gasteiger partial charge in [0.1, 0.15) is 0 Å². The molecule has 0 aliphatic carbocycles. The van der Waals surface area contributed by atoms with Crippen LogP contribution in [0.2, 0.25) is 10.0 Å². The van der Waals surface area contributed by atoms with Gasteiger partial charge in [-0.05, 0) is 30.3 Å². The van der Waals surface area contributed by atoms with Gasteiger partial charge in [0.05, 0.1) is 23.9 Å². The number of rotatable bonds is 4. The highest BCUT2D eigenvalue weighted by Crippen LogP contribution is 2.28. The molecule has 0 saturated heterocycles. The largest absolute Gasteiger partial charge is 0.504 e. The van der Waals surface area contributed by atoms with Gasteiger partial charge in [0.25, 0.3) is 5.91 Å². The first kappa shape index (κ1) is 16.1. The Balaban J connectivity index is 2.12. The van der Waals surface area contributed by atoms with Crippen LogP contribution in [0.25, 0.3) is 0 Å². The van der Waals surface area contributed by atoms with Gasteiger partial charge in [-0.1, -0.05) is 29.3 Å². The topological polar surface area (TPSA) is 70.9 Å². The lowest BCUT2D eigenvalue weighted by molar-refractivity contribution is 0.0955. The average Bonchev–Trinajstić information content (AvgIpc) is 2.51. The lowest BCUT2D eigenvalue weighted by Gasteiger charge is -2.05. The third-order valence-electron chi connectivity index (χ3n) is 2.79. The van der Waals surface area contributed by atoms with Crippen molar-refractivity contribution in [1.29, 1.82) is 0 Å². The summed E-state index contributed by atoms with van der Waals surface area (Å²) in [5.41, 5.74) is 2.92. The zero-order valence-electron chi connectivity index (χ0n) is 11.5. The first-order chi connectivity index (χ1) is 10.5. The Labute approximate surface area is 137 Å². The summed E-state index contributed by atoms with van der Waals surface area (Å²) < 4.78 is 4.98. The van der Waals surface area contributed by atoms with Crippen LogP contribution in [-0.2, 0) is 0 Å². The molecule has 2 N–H and O–H groups in total.